The van der Waals surface area contributed by atoms with Crippen LogP contribution in [0.3, 0.4) is 0 Å². The number of benzene rings is 1. The topological polar surface area (TPSA) is 93.5 Å². The summed E-state index contributed by atoms with van der Waals surface area (Å²) in [6.45, 7) is 10.4. The molecule has 4 rings (SSSR count). The van der Waals surface area contributed by atoms with E-state index in [4.69, 9.17) is 9.26 Å². The van der Waals surface area contributed by atoms with Gasteiger partial charge in [-0.2, -0.15) is 0 Å². The van der Waals surface area contributed by atoms with Crippen LogP contribution in [0.25, 0.3) is 11.3 Å². The van der Waals surface area contributed by atoms with Gasteiger partial charge in [0.2, 0.25) is 0 Å². The van der Waals surface area contributed by atoms with E-state index in [1.807, 2.05) is 30.3 Å². The molecule has 0 bridgehead atoms. The van der Waals surface area contributed by atoms with E-state index in [1.54, 1.807) is 13.0 Å². The Hall–Kier alpha value is -2.97. The van der Waals surface area contributed by atoms with Crippen molar-refractivity contribution in [3.05, 3.63) is 58.1 Å². The summed E-state index contributed by atoms with van der Waals surface area (Å²) in [7, 11) is 0. The number of aromatic nitrogens is 1. The largest absolute Gasteiger partial charge is 0.462 e. The highest BCUT2D eigenvalue weighted by Crippen LogP contribution is 2.45. The van der Waals surface area contributed by atoms with E-state index in [0.717, 1.165) is 16.0 Å². The summed E-state index contributed by atoms with van der Waals surface area (Å²) in [5.41, 5.74) is 1.74. The molecule has 0 atom stereocenters. The lowest BCUT2D eigenvalue weighted by Crippen LogP contribution is -2.55. The molecule has 0 fully saturated rings. The minimum absolute atomic E-state index is 0.141. The summed E-state index contributed by atoms with van der Waals surface area (Å²) in [5, 5.41) is 10.9. The van der Waals surface area contributed by atoms with Crippen LogP contribution in [0.1, 0.15) is 65.9 Å². The van der Waals surface area contributed by atoms with E-state index in [2.05, 4.69) is 43.5 Å². The van der Waals surface area contributed by atoms with Gasteiger partial charge in [0.25, 0.3) is 5.91 Å². The van der Waals surface area contributed by atoms with Gasteiger partial charge in [-0.3, -0.25) is 4.79 Å². The van der Waals surface area contributed by atoms with Crippen molar-refractivity contribution in [3.63, 3.8) is 0 Å². The van der Waals surface area contributed by atoms with Crippen molar-refractivity contribution in [2.75, 3.05) is 11.9 Å². The van der Waals surface area contributed by atoms with Gasteiger partial charge in [0.15, 0.2) is 11.5 Å². The van der Waals surface area contributed by atoms with Gasteiger partial charge in [0, 0.05) is 27.6 Å². The average molecular weight is 454 g/mol. The second kappa shape index (κ2) is 8.18. The molecule has 0 saturated carbocycles. The molecule has 2 N–H and O–H groups in total. The number of ether oxygens (including phenoxy) is 1. The number of carbonyl (C=O) groups is 2. The van der Waals surface area contributed by atoms with Gasteiger partial charge in [0.05, 0.1) is 12.2 Å². The number of thiophene rings is 1. The third-order valence-electron chi connectivity index (χ3n) is 5.35. The molecular weight excluding hydrogens is 426 g/mol. The van der Waals surface area contributed by atoms with Crippen molar-refractivity contribution in [1.29, 1.82) is 0 Å². The first kappa shape index (κ1) is 22.2. The highest BCUT2D eigenvalue weighted by atomic mass is 32.1. The van der Waals surface area contributed by atoms with Crippen molar-refractivity contribution in [3.8, 4) is 11.3 Å². The van der Waals surface area contributed by atoms with Crippen molar-refractivity contribution in [2.45, 2.75) is 52.1 Å². The van der Waals surface area contributed by atoms with Crippen LogP contribution < -0.4 is 10.6 Å². The number of carbonyl (C=O) groups excluding carboxylic acids is 2. The molecule has 7 nitrogen and oxygen atoms in total. The monoisotopic (exact) mass is 453 g/mol. The fourth-order valence-electron chi connectivity index (χ4n) is 4.32. The van der Waals surface area contributed by atoms with Crippen LogP contribution >= 0.6 is 11.3 Å². The average Bonchev–Trinajstić information content (AvgIpc) is 3.33. The Bertz CT molecular complexity index is 1160. The maximum Gasteiger partial charge on any atom is 0.341 e. The van der Waals surface area contributed by atoms with Gasteiger partial charge in [-0.05, 0) is 46.6 Å². The summed E-state index contributed by atoms with van der Waals surface area (Å²) in [6.07, 6.45) is 0.647. The number of esters is 1. The molecule has 3 aromatic rings. The predicted molar refractivity (Wildman–Crippen MR) is 124 cm³/mol. The Morgan fingerprint density at radius 3 is 2.62 bits per heavy atom. The fraction of sp³-hybridized carbons (Fsp3) is 0.375. The van der Waals surface area contributed by atoms with Crippen LogP contribution in [0, 0.1) is 0 Å². The summed E-state index contributed by atoms with van der Waals surface area (Å²) in [6, 6.07) is 11.0. The maximum absolute atomic E-state index is 13.0. The van der Waals surface area contributed by atoms with E-state index in [1.165, 1.54) is 11.3 Å². The minimum Gasteiger partial charge on any atom is -0.462 e. The number of amides is 1. The van der Waals surface area contributed by atoms with E-state index in [-0.39, 0.29) is 23.4 Å². The van der Waals surface area contributed by atoms with Crippen LogP contribution in [-0.4, -0.2) is 29.2 Å². The molecular formula is C24H27N3O4S. The molecule has 0 saturated heterocycles. The molecule has 168 valence electrons. The molecule has 0 spiro atoms. The van der Waals surface area contributed by atoms with Crippen molar-refractivity contribution >= 4 is 28.2 Å². The molecule has 32 heavy (non-hydrogen) atoms. The van der Waals surface area contributed by atoms with E-state index >= 15 is 0 Å². The highest BCUT2D eigenvalue weighted by Gasteiger charge is 2.42. The van der Waals surface area contributed by atoms with Gasteiger partial charge in [-0.15, -0.1) is 11.3 Å². The van der Waals surface area contributed by atoms with E-state index in [0.29, 0.717) is 22.7 Å². The number of rotatable bonds is 5. The Kier molecular flexibility index (Phi) is 5.68. The first-order valence-electron chi connectivity index (χ1n) is 10.6. The summed E-state index contributed by atoms with van der Waals surface area (Å²) >= 11 is 1.40. The third kappa shape index (κ3) is 4.20. The van der Waals surface area contributed by atoms with Crippen LogP contribution in [0.5, 0.6) is 0 Å². The van der Waals surface area contributed by atoms with Gasteiger partial charge in [-0.25, -0.2) is 4.79 Å². The van der Waals surface area contributed by atoms with Gasteiger partial charge < -0.3 is 19.9 Å². The van der Waals surface area contributed by atoms with Crippen molar-refractivity contribution in [1.82, 2.24) is 10.5 Å². The van der Waals surface area contributed by atoms with E-state index in [9.17, 15) is 9.59 Å². The molecule has 2 aromatic heterocycles. The molecule has 0 radical (unpaired) electrons. The summed E-state index contributed by atoms with van der Waals surface area (Å²) in [5.74, 6) is -0.372. The molecule has 0 aliphatic carbocycles. The molecule has 0 unspecified atom stereocenters. The van der Waals surface area contributed by atoms with Gasteiger partial charge in [0.1, 0.15) is 5.00 Å². The zero-order chi connectivity index (χ0) is 23.1. The minimum atomic E-state index is -0.440. The SMILES string of the molecule is CCOC(=O)c1c(NC(=O)c2cc(-c3ccccc3)on2)sc2c1CC(C)(C)NC2(C)C. The number of hydrogen-bond acceptors (Lipinski definition) is 7. The fourth-order valence-corrected chi connectivity index (χ4v) is 5.58. The van der Waals surface area contributed by atoms with Gasteiger partial charge in [-0.1, -0.05) is 35.5 Å². The summed E-state index contributed by atoms with van der Waals surface area (Å²) in [4.78, 5) is 26.9. The first-order valence-corrected chi connectivity index (χ1v) is 11.4. The quantitative estimate of drug-likeness (QED) is 0.529. The summed E-state index contributed by atoms with van der Waals surface area (Å²) < 4.78 is 10.7. The lowest BCUT2D eigenvalue weighted by Gasteiger charge is -2.42. The Balaban J connectivity index is 1.70. The van der Waals surface area contributed by atoms with E-state index < -0.39 is 11.9 Å². The zero-order valence-corrected chi connectivity index (χ0v) is 19.7. The smallest absolute Gasteiger partial charge is 0.341 e. The standard InChI is InChI=1S/C24H27N3O4S/c1-6-30-22(29)18-15-13-23(2,3)27-24(4,5)19(15)32-21(18)25-20(28)16-12-17(31-26-16)14-10-8-7-9-11-14/h7-12,27H,6,13H2,1-5H3,(H,25,28). The van der Waals surface area contributed by atoms with Crippen LogP contribution in [0.15, 0.2) is 40.9 Å². The Labute approximate surface area is 191 Å². The lowest BCUT2D eigenvalue weighted by molar-refractivity contribution is 0.0525. The van der Waals surface area contributed by atoms with Crippen molar-refractivity contribution in [2.24, 2.45) is 0 Å². The second-order valence-corrected chi connectivity index (χ2v) is 10.1. The number of hydrogen-bond donors (Lipinski definition) is 2. The molecule has 1 aliphatic rings. The molecule has 1 aliphatic heterocycles. The number of nitrogens with one attached hydrogen (secondary N) is 2. The van der Waals surface area contributed by atoms with Crippen molar-refractivity contribution < 1.29 is 18.8 Å². The molecule has 8 heteroatoms. The lowest BCUT2D eigenvalue weighted by atomic mass is 9.81. The predicted octanol–water partition coefficient (Wildman–Crippen LogP) is 4.99. The number of anilines is 1. The maximum atomic E-state index is 13.0. The zero-order valence-electron chi connectivity index (χ0n) is 18.9. The van der Waals surface area contributed by atoms with Crippen LogP contribution in [0.4, 0.5) is 5.00 Å². The number of fused-ring (bicyclic) bond motifs is 1. The van der Waals surface area contributed by atoms with Gasteiger partial charge >= 0.3 is 5.97 Å². The Morgan fingerprint density at radius 2 is 1.94 bits per heavy atom. The molecule has 3 heterocycles. The first-order chi connectivity index (χ1) is 15.1. The molecule has 1 aromatic carbocycles. The highest BCUT2D eigenvalue weighted by molar-refractivity contribution is 7.17. The normalized spacial score (nSPS) is 16.3. The molecule has 1 amide bonds. The van der Waals surface area contributed by atoms with Crippen LogP contribution in [0.2, 0.25) is 0 Å². The third-order valence-corrected chi connectivity index (χ3v) is 6.82. The number of nitrogens with zero attached hydrogens (tertiary/aromatic N) is 1. The Morgan fingerprint density at radius 1 is 1.22 bits per heavy atom. The second-order valence-electron chi connectivity index (χ2n) is 9.04. The van der Waals surface area contributed by atoms with Crippen LogP contribution in [-0.2, 0) is 16.7 Å².